The molecule has 4 atom stereocenters. The minimum Gasteiger partial charge on any atom is -0.312 e. The van der Waals surface area contributed by atoms with Crippen molar-refractivity contribution >= 4 is 17.3 Å². The molecule has 1 aliphatic heterocycles. The number of carbonyl (C=O) groups is 1. The molecule has 4 rings (SSSR count). The number of nitro groups is 1. The number of fused-ring (bicyclic) bond motifs is 5. The van der Waals surface area contributed by atoms with Gasteiger partial charge >= 0.3 is 6.18 Å². The molecule has 5 nitrogen and oxygen atoms in total. The fourth-order valence-electron chi connectivity index (χ4n) is 4.85. The molecule has 1 aromatic carbocycles. The second-order valence-corrected chi connectivity index (χ2v) is 6.93. The third kappa shape index (κ3) is 2.12. The second kappa shape index (κ2) is 4.94. The van der Waals surface area contributed by atoms with E-state index < -0.39 is 22.4 Å². The van der Waals surface area contributed by atoms with Crippen molar-refractivity contribution in [3.63, 3.8) is 0 Å². The Bertz CT molecular complexity index is 734. The van der Waals surface area contributed by atoms with Crippen molar-refractivity contribution in [3.05, 3.63) is 33.9 Å². The standard InChI is InChI=1S/C16H15F3N2O3/c17-16(18,19)12-6-10(3-4-13(12)21(23)24)20-7-11-8-1-2-9(5-8)14(11)15(20)22/h3-4,6,8-9,11,14H,1-2,5,7H2/t8?,9-,11+,14-/m1/s1. The number of hydrogen-bond acceptors (Lipinski definition) is 3. The lowest BCUT2D eigenvalue weighted by atomic mass is 9.81. The van der Waals surface area contributed by atoms with Crippen LogP contribution in [0.2, 0.25) is 0 Å². The number of carbonyl (C=O) groups excluding carboxylic acids is 1. The number of hydrogen-bond donors (Lipinski definition) is 0. The minimum atomic E-state index is -4.84. The molecule has 3 fully saturated rings. The number of alkyl halides is 3. The number of halogens is 3. The lowest BCUT2D eigenvalue weighted by Gasteiger charge is -2.20. The molecule has 1 heterocycles. The van der Waals surface area contributed by atoms with Crippen molar-refractivity contribution in [2.45, 2.75) is 25.4 Å². The van der Waals surface area contributed by atoms with E-state index in [1.807, 2.05) is 0 Å². The lowest BCUT2D eigenvalue weighted by Crippen LogP contribution is -2.29. The van der Waals surface area contributed by atoms with E-state index in [2.05, 4.69) is 0 Å². The molecule has 1 aromatic rings. The highest BCUT2D eigenvalue weighted by Crippen LogP contribution is 2.56. The highest BCUT2D eigenvalue weighted by molar-refractivity contribution is 5.98. The van der Waals surface area contributed by atoms with Gasteiger partial charge in [0.15, 0.2) is 0 Å². The molecule has 0 radical (unpaired) electrons. The van der Waals surface area contributed by atoms with Crippen LogP contribution in [0.4, 0.5) is 24.5 Å². The van der Waals surface area contributed by atoms with E-state index in [1.165, 1.54) is 11.0 Å². The third-order valence-electron chi connectivity index (χ3n) is 5.83. The van der Waals surface area contributed by atoms with E-state index in [9.17, 15) is 28.1 Å². The first-order valence-electron chi connectivity index (χ1n) is 7.94. The van der Waals surface area contributed by atoms with Crippen LogP contribution < -0.4 is 4.90 Å². The summed E-state index contributed by atoms with van der Waals surface area (Å²) in [6, 6.07) is 2.82. The van der Waals surface area contributed by atoms with Crippen molar-refractivity contribution in [1.82, 2.24) is 0 Å². The van der Waals surface area contributed by atoms with Crippen molar-refractivity contribution in [2.75, 3.05) is 11.4 Å². The number of rotatable bonds is 2. The zero-order valence-corrected chi connectivity index (χ0v) is 12.6. The molecule has 2 aliphatic carbocycles. The smallest absolute Gasteiger partial charge is 0.312 e. The maximum atomic E-state index is 13.1. The van der Waals surface area contributed by atoms with Gasteiger partial charge in [0.2, 0.25) is 5.91 Å². The summed E-state index contributed by atoms with van der Waals surface area (Å²) in [5, 5.41) is 10.8. The highest BCUT2D eigenvalue weighted by Gasteiger charge is 2.56. The van der Waals surface area contributed by atoms with Crippen LogP contribution in [0.25, 0.3) is 0 Å². The van der Waals surface area contributed by atoms with E-state index in [0.29, 0.717) is 18.4 Å². The Kier molecular flexibility index (Phi) is 3.17. The van der Waals surface area contributed by atoms with Crippen molar-refractivity contribution in [3.8, 4) is 0 Å². The van der Waals surface area contributed by atoms with Gasteiger partial charge in [-0.3, -0.25) is 14.9 Å². The number of nitrogens with zero attached hydrogens (tertiary/aromatic N) is 2. The molecule has 128 valence electrons. The minimum absolute atomic E-state index is 0.0896. The summed E-state index contributed by atoms with van der Waals surface area (Å²) in [4.78, 5) is 23.9. The summed E-state index contributed by atoms with van der Waals surface area (Å²) in [6.45, 7) is 0.416. The molecule has 2 bridgehead atoms. The van der Waals surface area contributed by atoms with Gasteiger partial charge in [-0.15, -0.1) is 0 Å². The predicted molar refractivity (Wildman–Crippen MR) is 78.3 cm³/mol. The van der Waals surface area contributed by atoms with Crippen LogP contribution in [0.15, 0.2) is 18.2 Å². The topological polar surface area (TPSA) is 63.5 Å². The average molecular weight is 340 g/mol. The molecule has 24 heavy (non-hydrogen) atoms. The van der Waals surface area contributed by atoms with Gasteiger partial charge in [-0.25, -0.2) is 0 Å². The first-order valence-corrected chi connectivity index (χ1v) is 7.94. The van der Waals surface area contributed by atoms with Gasteiger partial charge < -0.3 is 4.90 Å². The fraction of sp³-hybridized carbons (Fsp3) is 0.562. The molecule has 1 amide bonds. The maximum absolute atomic E-state index is 13.1. The van der Waals surface area contributed by atoms with E-state index in [1.54, 1.807) is 0 Å². The monoisotopic (exact) mass is 340 g/mol. The number of anilines is 1. The molecule has 0 spiro atoms. The van der Waals surface area contributed by atoms with E-state index in [-0.39, 0.29) is 23.4 Å². The summed E-state index contributed by atoms with van der Waals surface area (Å²) in [6.07, 6.45) is -1.69. The molecule has 2 saturated carbocycles. The average Bonchev–Trinajstić information content (AvgIpc) is 3.19. The quantitative estimate of drug-likeness (QED) is 0.610. The SMILES string of the molecule is O=C1[C@@H]2[C@@H]3CCC(C3)[C@@H]2CN1c1ccc([N+](=O)[O-])c(C(F)(F)F)c1. The van der Waals surface area contributed by atoms with E-state index in [0.717, 1.165) is 31.4 Å². The van der Waals surface area contributed by atoms with Crippen molar-refractivity contribution in [2.24, 2.45) is 23.7 Å². The Morgan fingerprint density at radius 3 is 2.54 bits per heavy atom. The first-order chi connectivity index (χ1) is 11.3. The van der Waals surface area contributed by atoms with Gasteiger partial charge in [0.1, 0.15) is 5.56 Å². The number of nitro benzene ring substituents is 1. The maximum Gasteiger partial charge on any atom is 0.423 e. The summed E-state index contributed by atoms with van der Waals surface area (Å²) < 4.78 is 39.4. The molecule has 0 aromatic heterocycles. The van der Waals surface area contributed by atoms with Crippen molar-refractivity contribution in [1.29, 1.82) is 0 Å². The van der Waals surface area contributed by atoms with Crippen LogP contribution in [0.5, 0.6) is 0 Å². The Morgan fingerprint density at radius 1 is 1.21 bits per heavy atom. The number of amides is 1. The van der Waals surface area contributed by atoms with Gasteiger partial charge in [-0.2, -0.15) is 13.2 Å². The summed E-state index contributed by atoms with van der Waals surface area (Å²) >= 11 is 0. The lowest BCUT2D eigenvalue weighted by molar-refractivity contribution is -0.388. The first kappa shape index (κ1) is 15.4. The van der Waals surface area contributed by atoms with Gasteiger partial charge in [-0.1, -0.05) is 0 Å². The molecule has 8 heteroatoms. The molecule has 1 saturated heterocycles. The Hall–Kier alpha value is -2.12. The summed E-state index contributed by atoms with van der Waals surface area (Å²) in [5.41, 5.74) is -2.19. The molecule has 1 unspecified atom stereocenters. The Labute approximate surface area is 135 Å². The molecule has 3 aliphatic rings. The molecular formula is C16H15F3N2O3. The van der Waals surface area contributed by atoms with Crippen LogP contribution in [0, 0.1) is 33.8 Å². The van der Waals surface area contributed by atoms with Crippen LogP contribution in [0.1, 0.15) is 24.8 Å². The van der Waals surface area contributed by atoms with E-state index in [4.69, 9.17) is 0 Å². The van der Waals surface area contributed by atoms with Crippen LogP contribution >= 0.6 is 0 Å². The van der Waals surface area contributed by atoms with Gasteiger partial charge in [0.05, 0.1) is 4.92 Å². The molecular weight excluding hydrogens is 325 g/mol. The van der Waals surface area contributed by atoms with Crippen LogP contribution in [0.3, 0.4) is 0 Å². The Morgan fingerprint density at radius 2 is 1.92 bits per heavy atom. The zero-order valence-electron chi connectivity index (χ0n) is 12.6. The third-order valence-corrected chi connectivity index (χ3v) is 5.83. The Balaban J connectivity index is 1.70. The van der Waals surface area contributed by atoms with Crippen molar-refractivity contribution < 1.29 is 22.9 Å². The largest absolute Gasteiger partial charge is 0.423 e. The predicted octanol–water partition coefficient (Wildman–Crippen LogP) is 3.62. The second-order valence-electron chi connectivity index (χ2n) is 6.93. The zero-order chi connectivity index (χ0) is 17.2. The normalized spacial score (nSPS) is 31.6. The molecule has 0 N–H and O–H groups in total. The number of benzene rings is 1. The summed E-state index contributed by atoms with van der Waals surface area (Å²) in [5.74, 6) is 0.815. The van der Waals surface area contributed by atoms with Gasteiger partial charge in [0, 0.05) is 24.2 Å². The van der Waals surface area contributed by atoms with Gasteiger partial charge in [-0.05, 0) is 49.1 Å². The highest BCUT2D eigenvalue weighted by atomic mass is 19.4. The fourth-order valence-corrected chi connectivity index (χ4v) is 4.85. The summed E-state index contributed by atoms with van der Waals surface area (Å²) in [7, 11) is 0. The van der Waals surface area contributed by atoms with E-state index >= 15 is 0 Å². The van der Waals surface area contributed by atoms with Crippen LogP contribution in [-0.4, -0.2) is 17.4 Å². The van der Waals surface area contributed by atoms with Crippen LogP contribution in [-0.2, 0) is 11.0 Å². The van der Waals surface area contributed by atoms with Gasteiger partial charge in [0.25, 0.3) is 5.69 Å².